The monoisotopic (exact) mass is 455 g/mol. The van der Waals surface area contributed by atoms with Gasteiger partial charge in [-0.25, -0.2) is 14.9 Å². The molecule has 0 atom stereocenters. The molecule has 30 heavy (non-hydrogen) atoms. The molecule has 4 aromatic heterocycles. The zero-order valence-corrected chi connectivity index (χ0v) is 18.4. The number of anilines is 1. The van der Waals surface area contributed by atoms with Gasteiger partial charge >= 0.3 is 5.76 Å². The molecule has 2 N–H and O–H groups in total. The molecular weight excluding hydrogens is 438 g/mol. The molecule has 0 fully saturated rings. The van der Waals surface area contributed by atoms with Gasteiger partial charge in [-0.2, -0.15) is 0 Å². The lowest BCUT2D eigenvalue weighted by Crippen LogP contribution is -2.05. The summed E-state index contributed by atoms with van der Waals surface area (Å²) in [4.78, 5) is 20.3. The van der Waals surface area contributed by atoms with Crippen molar-refractivity contribution in [2.45, 2.75) is 17.1 Å². The number of benzene rings is 1. The first kappa shape index (κ1) is 19.2. The standard InChI is InChI=1S/C20H17N5O2S3/c1-25(30-17-6-3-9-28-17)15-5-2-4-12-10-14(22-18(12)15)19-21-11-13(29-19)7-8-16-23-24-20(26)27-16/h2-6,9-11,22H,7-8H2,1H3,(H,24,26). The number of thiazole rings is 1. The number of nitrogens with zero attached hydrogens (tertiary/aromatic N) is 3. The number of nitrogens with one attached hydrogen (secondary N) is 2. The van der Waals surface area contributed by atoms with E-state index in [0.29, 0.717) is 12.3 Å². The van der Waals surface area contributed by atoms with E-state index in [4.69, 9.17) is 4.42 Å². The van der Waals surface area contributed by atoms with E-state index in [9.17, 15) is 4.79 Å². The Balaban J connectivity index is 1.37. The van der Waals surface area contributed by atoms with E-state index in [1.807, 2.05) is 6.20 Å². The van der Waals surface area contributed by atoms with Crippen molar-refractivity contribution in [3.63, 3.8) is 0 Å². The second kappa shape index (κ2) is 8.13. The fraction of sp³-hybridized carbons (Fsp3) is 0.150. The summed E-state index contributed by atoms with van der Waals surface area (Å²) in [5, 5.41) is 10.3. The van der Waals surface area contributed by atoms with E-state index < -0.39 is 5.76 Å². The van der Waals surface area contributed by atoms with Crippen molar-refractivity contribution >= 4 is 51.2 Å². The lowest BCUT2D eigenvalue weighted by Gasteiger charge is -2.17. The third-order valence-corrected chi connectivity index (χ3v) is 7.60. The van der Waals surface area contributed by atoms with Gasteiger partial charge in [-0.1, -0.05) is 18.2 Å². The highest BCUT2D eigenvalue weighted by Gasteiger charge is 2.14. The number of thiophene rings is 1. The molecule has 0 amide bonds. The van der Waals surface area contributed by atoms with Gasteiger partial charge < -0.3 is 13.7 Å². The molecule has 7 nitrogen and oxygen atoms in total. The molecule has 0 aliphatic heterocycles. The van der Waals surface area contributed by atoms with Gasteiger partial charge in [0.1, 0.15) is 5.01 Å². The average Bonchev–Trinajstić information content (AvgIpc) is 3.52. The molecule has 152 valence electrons. The molecule has 5 rings (SSSR count). The Kier molecular flexibility index (Phi) is 5.19. The maximum atomic E-state index is 11.0. The molecular formula is C20H17N5O2S3. The van der Waals surface area contributed by atoms with Gasteiger partial charge in [0.2, 0.25) is 5.89 Å². The summed E-state index contributed by atoms with van der Waals surface area (Å²) in [6.07, 6.45) is 3.15. The minimum absolute atomic E-state index is 0.413. The molecule has 5 aromatic rings. The van der Waals surface area contributed by atoms with Gasteiger partial charge in [0.15, 0.2) is 0 Å². The van der Waals surface area contributed by atoms with E-state index in [2.05, 4.69) is 73.3 Å². The van der Waals surface area contributed by atoms with E-state index >= 15 is 0 Å². The van der Waals surface area contributed by atoms with Gasteiger partial charge in [0.25, 0.3) is 0 Å². The topological polar surface area (TPSA) is 90.8 Å². The van der Waals surface area contributed by atoms with Crippen LogP contribution in [0.5, 0.6) is 0 Å². The van der Waals surface area contributed by atoms with Crippen LogP contribution in [0.3, 0.4) is 0 Å². The Hall–Kier alpha value is -2.82. The van der Waals surface area contributed by atoms with Crippen molar-refractivity contribution in [1.29, 1.82) is 0 Å². The fourth-order valence-corrected chi connectivity index (χ4v) is 5.83. The lowest BCUT2D eigenvalue weighted by molar-refractivity contribution is 0.461. The predicted octanol–water partition coefficient (Wildman–Crippen LogP) is 4.96. The Morgan fingerprint density at radius 3 is 2.97 bits per heavy atom. The van der Waals surface area contributed by atoms with Crippen molar-refractivity contribution in [2.24, 2.45) is 0 Å². The summed E-state index contributed by atoms with van der Waals surface area (Å²) in [6.45, 7) is 0. The van der Waals surface area contributed by atoms with Crippen molar-refractivity contribution in [1.82, 2.24) is 20.2 Å². The van der Waals surface area contributed by atoms with Crippen molar-refractivity contribution in [3.05, 3.63) is 69.3 Å². The quantitative estimate of drug-likeness (QED) is 0.337. The van der Waals surface area contributed by atoms with E-state index in [0.717, 1.165) is 38.6 Å². The average molecular weight is 456 g/mol. The molecule has 1 aromatic carbocycles. The number of aromatic nitrogens is 4. The first-order chi connectivity index (χ1) is 14.7. The summed E-state index contributed by atoms with van der Waals surface area (Å²) in [5.74, 6) is -0.109. The zero-order valence-electron chi connectivity index (χ0n) is 15.9. The number of aryl methyl sites for hydroxylation is 2. The molecule has 4 heterocycles. The smallest absolute Gasteiger partial charge is 0.392 e. The predicted molar refractivity (Wildman–Crippen MR) is 123 cm³/mol. The third-order valence-electron chi connectivity index (χ3n) is 4.55. The van der Waals surface area contributed by atoms with Gasteiger partial charge in [-0.15, -0.1) is 27.8 Å². The highest BCUT2D eigenvalue weighted by atomic mass is 32.2. The Morgan fingerprint density at radius 1 is 1.23 bits per heavy atom. The maximum Gasteiger partial charge on any atom is 0.434 e. The number of H-pyrrole nitrogens is 2. The van der Waals surface area contributed by atoms with Crippen molar-refractivity contribution < 1.29 is 4.42 Å². The third kappa shape index (κ3) is 3.93. The number of aromatic amines is 2. The molecule has 0 saturated heterocycles. The molecule has 0 unspecified atom stereocenters. The molecule has 0 bridgehead atoms. The van der Waals surface area contributed by atoms with E-state index in [1.54, 1.807) is 34.6 Å². The molecule has 10 heteroatoms. The lowest BCUT2D eigenvalue weighted by atomic mass is 10.2. The number of rotatable bonds is 7. The fourth-order valence-electron chi connectivity index (χ4n) is 3.16. The van der Waals surface area contributed by atoms with Crippen LogP contribution in [0, 0.1) is 0 Å². The molecule has 0 saturated carbocycles. The van der Waals surface area contributed by atoms with Crippen LogP contribution in [0.1, 0.15) is 10.8 Å². The number of hydrogen-bond acceptors (Lipinski definition) is 8. The zero-order chi connectivity index (χ0) is 20.5. The summed E-state index contributed by atoms with van der Waals surface area (Å²) < 4.78 is 8.39. The van der Waals surface area contributed by atoms with Crippen molar-refractivity contribution in [3.8, 4) is 10.7 Å². The van der Waals surface area contributed by atoms with E-state index in [1.165, 1.54) is 4.21 Å². The highest BCUT2D eigenvalue weighted by molar-refractivity contribution is 8.02. The van der Waals surface area contributed by atoms with E-state index in [-0.39, 0.29) is 0 Å². The number of hydrogen-bond donors (Lipinski definition) is 2. The van der Waals surface area contributed by atoms with Crippen LogP contribution in [0.25, 0.3) is 21.6 Å². The minimum Gasteiger partial charge on any atom is -0.392 e. The summed E-state index contributed by atoms with van der Waals surface area (Å²) >= 11 is 5.07. The van der Waals surface area contributed by atoms with Gasteiger partial charge in [-0.05, 0) is 41.9 Å². The Bertz CT molecular complexity index is 1330. The Morgan fingerprint density at radius 2 is 2.17 bits per heavy atom. The van der Waals surface area contributed by atoms with Crippen LogP contribution in [0.2, 0.25) is 0 Å². The number of para-hydroxylation sites is 1. The van der Waals surface area contributed by atoms with Gasteiger partial charge in [0, 0.05) is 29.9 Å². The molecule has 0 spiro atoms. The normalized spacial score (nSPS) is 11.4. The second-order valence-electron chi connectivity index (χ2n) is 6.58. The SMILES string of the molecule is CN(Sc1cccs1)c1cccc2cc(-c3ncc(CCc4n[nH]c(=O)o4)s3)[nH]c12. The molecule has 0 radical (unpaired) electrons. The highest BCUT2D eigenvalue weighted by Crippen LogP contribution is 2.36. The summed E-state index contributed by atoms with van der Waals surface area (Å²) in [7, 11) is 2.08. The summed E-state index contributed by atoms with van der Waals surface area (Å²) in [5.41, 5.74) is 3.21. The van der Waals surface area contributed by atoms with Crippen molar-refractivity contribution in [2.75, 3.05) is 11.4 Å². The van der Waals surface area contributed by atoms with Crippen LogP contribution in [-0.4, -0.2) is 27.2 Å². The molecule has 0 aliphatic rings. The van der Waals surface area contributed by atoms with Crippen LogP contribution < -0.4 is 10.1 Å². The van der Waals surface area contributed by atoms with Gasteiger partial charge in [-0.3, -0.25) is 0 Å². The largest absolute Gasteiger partial charge is 0.434 e. The van der Waals surface area contributed by atoms with Crippen LogP contribution in [-0.2, 0) is 12.8 Å². The minimum atomic E-state index is -0.522. The van der Waals surface area contributed by atoms with Gasteiger partial charge in [0.05, 0.1) is 21.1 Å². The summed E-state index contributed by atoms with van der Waals surface area (Å²) in [6, 6.07) is 12.6. The maximum absolute atomic E-state index is 11.0. The Labute approximate surface area is 183 Å². The van der Waals surface area contributed by atoms with Crippen LogP contribution >= 0.6 is 34.6 Å². The van der Waals surface area contributed by atoms with Crippen LogP contribution in [0.4, 0.5) is 5.69 Å². The molecule has 0 aliphatic carbocycles. The first-order valence-corrected chi connectivity index (χ1v) is 11.7. The second-order valence-corrected chi connectivity index (χ2v) is 10.1. The van der Waals surface area contributed by atoms with Crippen LogP contribution in [0.15, 0.2) is 61.4 Å². The number of fused-ring (bicyclic) bond motifs is 1. The first-order valence-electron chi connectivity index (χ1n) is 9.22.